The predicted molar refractivity (Wildman–Crippen MR) is 238 cm³/mol. The summed E-state index contributed by atoms with van der Waals surface area (Å²) >= 11 is 0. The van der Waals surface area contributed by atoms with E-state index in [1.807, 2.05) is 0 Å². The first-order valence-electron chi connectivity index (χ1n) is 23.1. The normalized spacial score (nSPS) is 13.9. The van der Waals surface area contributed by atoms with E-state index in [0.717, 1.165) is 51.4 Å². The fraction of sp³-hybridized carbons (Fsp3) is 0.809. The molecule has 0 amide bonds. The van der Waals surface area contributed by atoms with E-state index in [-0.39, 0.29) is 32.3 Å². The van der Waals surface area contributed by atoms with E-state index in [1.54, 1.807) is 0 Å². The molecule has 0 rings (SSSR count). The Morgan fingerprint density at radius 2 is 0.946 bits per heavy atom. The van der Waals surface area contributed by atoms with Crippen molar-refractivity contribution in [1.82, 2.24) is 0 Å². The van der Waals surface area contributed by atoms with Crippen LogP contribution in [-0.2, 0) is 27.9 Å². The van der Waals surface area contributed by atoms with Gasteiger partial charge in [0.15, 0.2) is 0 Å². The first-order chi connectivity index (χ1) is 27.4. The Balaban J connectivity index is 4.03. The molecule has 2 unspecified atom stereocenters. The van der Waals surface area contributed by atoms with Gasteiger partial charge in [-0.1, -0.05) is 172 Å². The monoisotopic (exact) mass is 810 g/mol. The number of carbonyl (C=O) groups excluding carboxylic acids is 1. The highest BCUT2D eigenvalue weighted by atomic mass is 31.2. The highest BCUT2D eigenvalue weighted by molar-refractivity contribution is 7.47. The topological polar surface area (TPSA) is 117 Å². The Kier molecular flexibility index (Phi) is 43.3. The van der Waals surface area contributed by atoms with Crippen molar-refractivity contribution in [3.8, 4) is 0 Å². The molecule has 0 aromatic carbocycles. The summed E-state index contributed by atoms with van der Waals surface area (Å²) in [5.74, 6) is -0.340. The van der Waals surface area contributed by atoms with Crippen molar-refractivity contribution < 1.29 is 32.8 Å². The zero-order valence-electron chi connectivity index (χ0n) is 36.4. The van der Waals surface area contributed by atoms with Crippen LogP contribution in [0.5, 0.6) is 0 Å². The summed E-state index contributed by atoms with van der Waals surface area (Å²) in [5.41, 5.74) is 5.38. The number of ether oxygens (including phenoxy) is 2. The summed E-state index contributed by atoms with van der Waals surface area (Å²) in [5, 5.41) is 0. The minimum absolute atomic E-state index is 0.0966. The molecular weight excluding hydrogens is 721 g/mol. The maximum atomic E-state index is 12.6. The number of unbranched alkanes of at least 4 members (excludes halogenated alkanes) is 23. The standard InChI is InChI=1S/C47H88NO7P/c1-3-5-7-9-11-13-15-17-19-21-23-25-27-29-31-33-35-37-39-42-52-44-46(45-54-56(50,51)53-43-41-48)55-47(49)40-38-36-34-32-30-28-26-24-22-20-18-16-14-12-10-8-6-4-2/h13-16,19-22,46H,3-12,17-18,23-45,48H2,1-2H3,(H,50,51)/b15-13-,16-14-,21-19-,22-20-. The van der Waals surface area contributed by atoms with E-state index in [9.17, 15) is 14.3 Å². The summed E-state index contributed by atoms with van der Waals surface area (Å²) in [7, 11) is -4.28. The molecule has 56 heavy (non-hydrogen) atoms. The van der Waals surface area contributed by atoms with E-state index in [4.69, 9.17) is 24.3 Å². The highest BCUT2D eigenvalue weighted by Crippen LogP contribution is 2.43. The lowest BCUT2D eigenvalue weighted by Crippen LogP contribution is -2.28. The number of carbonyl (C=O) groups is 1. The Morgan fingerprint density at radius 3 is 1.39 bits per heavy atom. The van der Waals surface area contributed by atoms with Gasteiger partial charge in [-0.25, -0.2) is 4.57 Å². The molecule has 0 spiro atoms. The van der Waals surface area contributed by atoms with Crippen molar-refractivity contribution in [1.29, 1.82) is 0 Å². The number of hydrogen-bond donors (Lipinski definition) is 2. The van der Waals surface area contributed by atoms with E-state index in [0.29, 0.717) is 13.0 Å². The molecule has 0 aliphatic heterocycles. The summed E-state index contributed by atoms with van der Waals surface area (Å²) in [4.78, 5) is 22.5. The molecule has 0 saturated carbocycles. The van der Waals surface area contributed by atoms with Crippen LogP contribution in [0.3, 0.4) is 0 Å². The van der Waals surface area contributed by atoms with E-state index >= 15 is 0 Å². The van der Waals surface area contributed by atoms with Crippen LogP contribution in [0.15, 0.2) is 48.6 Å². The number of esters is 1. The third-order valence-electron chi connectivity index (χ3n) is 9.72. The van der Waals surface area contributed by atoms with Crippen LogP contribution in [0.4, 0.5) is 0 Å². The fourth-order valence-electron chi connectivity index (χ4n) is 6.29. The van der Waals surface area contributed by atoms with Crippen LogP contribution in [0.1, 0.15) is 206 Å². The first kappa shape index (κ1) is 54.5. The number of phosphoric acid groups is 1. The Hall–Kier alpha value is -1.54. The van der Waals surface area contributed by atoms with E-state index < -0.39 is 13.9 Å². The van der Waals surface area contributed by atoms with Gasteiger partial charge in [-0.15, -0.1) is 0 Å². The van der Waals surface area contributed by atoms with E-state index in [1.165, 1.54) is 135 Å². The van der Waals surface area contributed by atoms with Crippen molar-refractivity contribution in [3.05, 3.63) is 48.6 Å². The molecule has 8 nitrogen and oxygen atoms in total. The smallest absolute Gasteiger partial charge is 0.457 e. The minimum Gasteiger partial charge on any atom is -0.457 e. The van der Waals surface area contributed by atoms with Crippen LogP contribution in [0.2, 0.25) is 0 Å². The Bertz CT molecular complexity index is 999. The number of rotatable bonds is 44. The third-order valence-corrected chi connectivity index (χ3v) is 10.7. The summed E-state index contributed by atoms with van der Waals surface area (Å²) < 4.78 is 33.5. The molecule has 9 heteroatoms. The zero-order valence-corrected chi connectivity index (χ0v) is 37.3. The molecule has 0 radical (unpaired) electrons. The van der Waals surface area contributed by atoms with Gasteiger partial charge in [0.2, 0.25) is 0 Å². The molecule has 0 aliphatic rings. The van der Waals surface area contributed by atoms with Crippen molar-refractivity contribution in [2.75, 3.05) is 33.0 Å². The zero-order chi connectivity index (χ0) is 40.9. The fourth-order valence-corrected chi connectivity index (χ4v) is 7.06. The van der Waals surface area contributed by atoms with Gasteiger partial charge >= 0.3 is 13.8 Å². The molecule has 0 aliphatic carbocycles. The lowest BCUT2D eigenvalue weighted by atomic mass is 10.1. The average molecular weight is 810 g/mol. The van der Waals surface area contributed by atoms with Gasteiger partial charge in [-0.05, 0) is 77.0 Å². The molecule has 0 heterocycles. The molecule has 0 fully saturated rings. The van der Waals surface area contributed by atoms with Crippen LogP contribution in [0.25, 0.3) is 0 Å². The Labute approximate surface area is 345 Å². The van der Waals surface area contributed by atoms with Crippen LogP contribution >= 0.6 is 7.82 Å². The maximum Gasteiger partial charge on any atom is 0.472 e. The number of nitrogens with two attached hydrogens (primary N) is 1. The van der Waals surface area contributed by atoms with Crippen LogP contribution in [0, 0.1) is 0 Å². The molecule has 0 aromatic rings. The van der Waals surface area contributed by atoms with Gasteiger partial charge < -0.3 is 20.1 Å². The minimum atomic E-state index is -4.28. The largest absolute Gasteiger partial charge is 0.472 e. The molecular formula is C47H88NO7P. The molecule has 2 atom stereocenters. The van der Waals surface area contributed by atoms with Crippen molar-refractivity contribution >= 4 is 13.8 Å². The summed E-state index contributed by atoms with van der Waals surface area (Å²) in [6.07, 6.45) is 52.7. The second-order valence-electron chi connectivity index (χ2n) is 15.3. The van der Waals surface area contributed by atoms with Gasteiger partial charge in [0, 0.05) is 19.6 Å². The van der Waals surface area contributed by atoms with Crippen LogP contribution in [-0.4, -0.2) is 49.9 Å². The number of phosphoric ester groups is 1. The van der Waals surface area contributed by atoms with Gasteiger partial charge in [0.1, 0.15) is 6.10 Å². The number of hydrogen-bond acceptors (Lipinski definition) is 7. The predicted octanol–water partition coefficient (Wildman–Crippen LogP) is 14.0. The quantitative estimate of drug-likeness (QED) is 0.0270. The van der Waals surface area contributed by atoms with Crippen LogP contribution < -0.4 is 5.73 Å². The summed E-state index contributed by atoms with van der Waals surface area (Å²) in [6, 6.07) is 0. The van der Waals surface area contributed by atoms with E-state index in [2.05, 4.69) is 62.5 Å². The van der Waals surface area contributed by atoms with Crippen molar-refractivity contribution in [2.45, 2.75) is 213 Å². The number of allylic oxidation sites excluding steroid dienone is 8. The van der Waals surface area contributed by atoms with Gasteiger partial charge in [-0.2, -0.15) is 0 Å². The Morgan fingerprint density at radius 1 is 0.536 bits per heavy atom. The SMILES string of the molecule is CCCCCC/C=C\C/C=C\CCCCCCCCCCOCC(COP(=O)(O)OCCN)OC(=O)CCCCCCCCC/C=C\C/C=C\CCCCCC. The second-order valence-corrected chi connectivity index (χ2v) is 16.7. The third kappa shape index (κ3) is 43.6. The second kappa shape index (κ2) is 44.6. The lowest BCUT2D eigenvalue weighted by Gasteiger charge is -2.20. The highest BCUT2D eigenvalue weighted by Gasteiger charge is 2.25. The molecule has 0 bridgehead atoms. The average Bonchev–Trinajstić information content (AvgIpc) is 3.19. The molecule has 0 saturated heterocycles. The molecule has 328 valence electrons. The van der Waals surface area contributed by atoms with Crippen molar-refractivity contribution in [2.24, 2.45) is 5.73 Å². The first-order valence-corrected chi connectivity index (χ1v) is 24.6. The molecule has 3 N–H and O–H groups in total. The lowest BCUT2D eigenvalue weighted by molar-refractivity contribution is -0.154. The van der Waals surface area contributed by atoms with Gasteiger partial charge in [-0.3, -0.25) is 13.8 Å². The van der Waals surface area contributed by atoms with Gasteiger partial charge in [0.25, 0.3) is 0 Å². The van der Waals surface area contributed by atoms with Gasteiger partial charge in [0.05, 0.1) is 19.8 Å². The summed E-state index contributed by atoms with van der Waals surface area (Å²) in [6.45, 7) is 4.88. The molecule has 0 aromatic heterocycles. The van der Waals surface area contributed by atoms with Crippen molar-refractivity contribution in [3.63, 3.8) is 0 Å². The maximum absolute atomic E-state index is 12.6.